The molecule has 1 rings (SSSR count). The molecule has 0 bridgehead atoms. The Bertz CT molecular complexity index is 385. The van der Waals surface area contributed by atoms with Gasteiger partial charge >= 0.3 is 0 Å². The minimum absolute atomic E-state index is 0.562. The van der Waals surface area contributed by atoms with Gasteiger partial charge < -0.3 is 14.6 Å². The molecule has 0 spiro atoms. The molecule has 94 valence electrons. The van der Waals surface area contributed by atoms with Gasteiger partial charge in [0.15, 0.2) is 11.5 Å². The highest BCUT2D eigenvalue weighted by molar-refractivity contribution is 5.44. The van der Waals surface area contributed by atoms with Gasteiger partial charge in [0.25, 0.3) is 0 Å². The smallest absolute Gasteiger partial charge is 0.161 e. The van der Waals surface area contributed by atoms with Crippen LogP contribution in [0.5, 0.6) is 11.5 Å². The number of aliphatic hydroxyl groups is 1. The Kier molecular flexibility index (Phi) is 5.04. The highest BCUT2D eigenvalue weighted by Crippen LogP contribution is 2.32. The number of ether oxygens (including phenoxy) is 2. The summed E-state index contributed by atoms with van der Waals surface area (Å²) in [7, 11) is 0. The van der Waals surface area contributed by atoms with Crippen LogP contribution >= 0.6 is 0 Å². The highest BCUT2D eigenvalue weighted by Gasteiger charge is 2.12. The van der Waals surface area contributed by atoms with E-state index in [1.54, 1.807) is 13.0 Å². The molecule has 3 heteroatoms. The maximum Gasteiger partial charge on any atom is 0.161 e. The van der Waals surface area contributed by atoms with Crippen LogP contribution in [0, 0.1) is 0 Å². The molecule has 0 radical (unpaired) electrons. The van der Waals surface area contributed by atoms with E-state index in [1.165, 1.54) is 0 Å². The fourth-order valence-corrected chi connectivity index (χ4v) is 1.52. The van der Waals surface area contributed by atoms with Crippen molar-refractivity contribution in [3.05, 3.63) is 35.9 Å². The molecular formula is C14H20O3. The maximum atomic E-state index is 9.92. The van der Waals surface area contributed by atoms with Crippen LogP contribution in [0.25, 0.3) is 0 Å². The van der Waals surface area contributed by atoms with Crippen molar-refractivity contribution in [2.75, 3.05) is 13.2 Å². The lowest BCUT2D eigenvalue weighted by Crippen LogP contribution is -2.02. The van der Waals surface area contributed by atoms with Crippen LogP contribution in [0.3, 0.4) is 0 Å². The molecule has 0 heterocycles. The first kappa shape index (κ1) is 13.6. The van der Waals surface area contributed by atoms with Gasteiger partial charge in [0.1, 0.15) is 0 Å². The van der Waals surface area contributed by atoms with Crippen molar-refractivity contribution < 1.29 is 14.6 Å². The topological polar surface area (TPSA) is 38.7 Å². The predicted molar refractivity (Wildman–Crippen MR) is 68.6 cm³/mol. The van der Waals surface area contributed by atoms with Gasteiger partial charge in [-0.15, -0.1) is 0 Å². The molecule has 0 saturated heterocycles. The van der Waals surface area contributed by atoms with E-state index in [2.05, 4.69) is 6.58 Å². The van der Waals surface area contributed by atoms with Gasteiger partial charge in [-0.25, -0.2) is 0 Å². The molecular weight excluding hydrogens is 216 g/mol. The molecule has 0 fully saturated rings. The van der Waals surface area contributed by atoms with Crippen LogP contribution in [0.4, 0.5) is 0 Å². The van der Waals surface area contributed by atoms with Crippen LogP contribution < -0.4 is 9.47 Å². The highest BCUT2D eigenvalue weighted by atomic mass is 16.5. The standard InChI is InChI=1S/C14H20O3/c1-5-16-12-8-7-11(14(15)10(3)4)9-13(12)17-6-2/h7-9,14-15H,3,5-6H2,1-2,4H3. The number of benzene rings is 1. The van der Waals surface area contributed by atoms with Crippen molar-refractivity contribution in [2.24, 2.45) is 0 Å². The minimum atomic E-state index is -0.662. The minimum Gasteiger partial charge on any atom is -0.490 e. The molecule has 3 nitrogen and oxygen atoms in total. The summed E-state index contributed by atoms with van der Waals surface area (Å²) in [5.74, 6) is 1.36. The molecule has 1 aromatic rings. The van der Waals surface area contributed by atoms with Gasteiger partial charge in [0, 0.05) is 0 Å². The number of rotatable bonds is 6. The predicted octanol–water partition coefficient (Wildman–Crippen LogP) is 3.09. The van der Waals surface area contributed by atoms with E-state index in [0.29, 0.717) is 30.3 Å². The second-order valence-electron chi connectivity index (χ2n) is 3.82. The van der Waals surface area contributed by atoms with Crippen LogP contribution in [0.15, 0.2) is 30.4 Å². The van der Waals surface area contributed by atoms with Gasteiger partial charge in [0.05, 0.1) is 19.3 Å². The van der Waals surface area contributed by atoms with E-state index >= 15 is 0 Å². The van der Waals surface area contributed by atoms with Gasteiger partial charge in [-0.2, -0.15) is 0 Å². The summed E-state index contributed by atoms with van der Waals surface area (Å²) in [6, 6.07) is 5.44. The molecule has 0 aliphatic heterocycles. The summed E-state index contributed by atoms with van der Waals surface area (Å²) < 4.78 is 11.0. The van der Waals surface area contributed by atoms with Crippen molar-refractivity contribution in [3.8, 4) is 11.5 Å². The summed E-state index contributed by atoms with van der Waals surface area (Å²) in [4.78, 5) is 0. The van der Waals surface area contributed by atoms with Gasteiger partial charge in [-0.05, 0) is 44.0 Å². The van der Waals surface area contributed by atoms with Gasteiger partial charge in [-0.3, -0.25) is 0 Å². The summed E-state index contributed by atoms with van der Waals surface area (Å²) >= 11 is 0. The number of aliphatic hydroxyl groups excluding tert-OH is 1. The molecule has 0 aliphatic carbocycles. The third-order valence-corrected chi connectivity index (χ3v) is 2.35. The molecule has 0 aromatic heterocycles. The van der Waals surface area contributed by atoms with E-state index < -0.39 is 6.10 Å². The van der Waals surface area contributed by atoms with Gasteiger partial charge in [-0.1, -0.05) is 12.6 Å². The summed E-state index contributed by atoms with van der Waals surface area (Å²) in [5, 5.41) is 9.92. The molecule has 1 aromatic carbocycles. The van der Waals surface area contributed by atoms with Crippen LogP contribution in [0.1, 0.15) is 32.4 Å². The SMILES string of the molecule is C=C(C)C(O)c1ccc(OCC)c(OCC)c1. The molecule has 1 atom stereocenters. The van der Waals surface area contributed by atoms with E-state index in [9.17, 15) is 5.11 Å². The Balaban J connectivity index is 3.04. The average molecular weight is 236 g/mol. The normalized spacial score (nSPS) is 12.0. The maximum absolute atomic E-state index is 9.92. The second-order valence-corrected chi connectivity index (χ2v) is 3.82. The van der Waals surface area contributed by atoms with Crippen molar-refractivity contribution in [1.82, 2.24) is 0 Å². The van der Waals surface area contributed by atoms with E-state index in [1.807, 2.05) is 26.0 Å². The molecule has 1 N–H and O–H groups in total. The zero-order valence-electron chi connectivity index (χ0n) is 10.7. The van der Waals surface area contributed by atoms with E-state index in [0.717, 1.165) is 5.56 Å². The van der Waals surface area contributed by atoms with Crippen molar-refractivity contribution in [3.63, 3.8) is 0 Å². The van der Waals surface area contributed by atoms with E-state index in [-0.39, 0.29) is 0 Å². The first-order chi connectivity index (χ1) is 8.10. The first-order valence-corrected chi connectivity index (χ1v) is 5.83. The monoisotopic (exact) mass is 236 g/mol. The van der Waals surface area contributed by atoms with Crippen LogP contribution in [-0.4, -0.2) is 18.3 Å². The summed E-state index contributed by atoms with van der Waals surface area (Å²) in [6.45, 7) is 10.5. The third-order valence-electron chi connectivity index (χ3n) is 2.35. The largest absolute Gasteiger partial charge is 0.490 e. The molecule has 1 unspecified atom stereocenters. The van der Waals surface area contributed by atoms with Crippen molar-refractivity contribution in [1.29, 1.82) is 0 Å². The number of hydrogen-bond acceptors (Lipinski definition) is 3. The lowest BCUT2D eigenvalue weighted by Gasteiger charge is -2.15. The zero-order chi connectivity index (χ0) is 12.8. The van der Waals surface area contributed by atoms with Crippen molar-refractivity contribution in [2.45, 2.75) is 26.9 Å². The molecule has 0 amide bonds. The Morgan fingerprint density at radius 2 is 1.82 bits per heavy atom. The Labute approximate surface area is 103 Å². The third kappa shape index (κ3) is 3.49. The Morgan fingerprint density at radius 1 is 1.24 bits per heavy atom. The second kappa shape index (κ2) is 6.30. The first-order valence-electron chi connectivity index (χ1n) is 5.83. The van der Waals surface area contributed by atoms with E-state index in [4.69, 9.17) is 9.47 Å². The summed E-state index contributed by atoms with van der Waals surface area (Å²) in [5.41, 5.74) is 1.47. The van der Waals surface area contributed by atoms with Crippen molar-refractivity contribution >= 4 is 0 Å². The van der Waals surface area contributed by atoms with Crippen LogP contribution in [0.2, 0.25) is 0 Å². The fourth-order valence-electron chi connectivity index (χ4n) is 1.52. The lowest BCUT2D eigenvalue weighted by molar-refractivity contribution is 0.215. The molecule has 0 aliphatic rings. The molecule has 17 heavy (non-hydrogen) atoms. The Hall–Kier alpha value is -1.48. The lowest BCUT2D eigenvalue weighted by atomic mass is 10.0. The van der Waals surface area contributed by atoms with Gasteiger partial charge in [0.2, 0.25) is 0 Å². The average Bonchev–Trinajstić information content (AvgIpc) is 2.31. The fraction of sp³-hybridized carbons (Fsp3) is 0.429. The number of hydrogen-bond donors (Lipinski definition) is 1. The molecule has 0 saturated carbocycles. The zero-order valence-corrected chi connectivity index (χ0v) is 10.7. The Morgan fingerprint density at radius 3 is 2.35 bits per heavy atom. The van der Waals surface area contributed by atoms with Crippen LogP contribution in [-0.2, 0) is 0 Å². The quantitative estimate of drug-likeness (QED) is 0.771. The summed E-state index contributed by atoms with van der Waals surface area (Å²) in [6.07, 6.45) is -0.662.